The van der Waals surface area contributed by atoms with E-state index in [0.29, 0.717) is 119 Å². The molecule has 7 amide bonds. The molecule has 148 heavy (non-hydrogen) atoms. The molecule has 772 valence electrons. The van der Waals surface area contributed by atoms with Crippen molar-refractivity contribution in [2.75, 3.05) is 0 Å². The van der Waals surface area contributed by atoms with Gasteiger partial charge in [-0.1, -0.05) is 239 Å². The third kappa shape index (κ3) is 30.8. The molecule has 15 aromatic rings. The summed E-state index contributed by atoms with van der Waals surface area (Å²) in [6.45, 7) is 6.24. The van der Waals surface area contributed by atoms with Gasteiger partial charge < -0.3 is 37.2 Å². The Morgan fingerprint density at radius 3 is 0.845 bits per heavy atom. The van der Waals surface area contributed by atoms with E-state index in [4.69, 9.17) is 69.6 Å². The fourth-order valence-corrected chi connectivity index (χ4v) is 21.5. The lowest BCUT2D eigenvalue weighted by atomic mass is 9.86. The first kappa shape index (κ1) is 112. The Morgan fingerprint density at radius 2 is 0.507 bits per heavy atom. The van der Waals surface area contributed by atoms with Crippen molar-refractivity contribution in [1.29, 1.82) is 0 Å². The molecule has 0 spiro atoms. The molecule has 7 aromatic heterocycles. The van der Waals surface area contributed by atoms with Crippen LogP contribution < -0.4 is 37.2 Å². The predicted molar refractivity (Wildman–Crippen MR) is 560 cm³/mol. The molecule has 7 heterocycles. The van der Waals surface area contributed by atoms with E-state index in [-0.39, 0.29) is 124 Å². The van der Waals surface area contributed by atoms with Crippen LogP contribution in [0.1, 0.15) is 287 Å². The van der Waals surface area contributed by atoms with Gasteiger partial charge in [0, 0.05) is 155 Å². The monoisotopic (exact) mass is 2270 g/mol. The van der Waals surface area contributed by atoms with Crippen LogP contribution in [-0.4, -0.2) is 108 Å². The predicted octanol–water partition coefficient (Wildman–Crippen LogP) is 24.5. The fraction of sp³-hybridized carbons (Fsp3) is 0.310. The number of hydrogen-bond acceptors (Lipinski definition) is 28. The maximum absolute atomic E-state index is 13.8. The van der Waals surface area contributed by atoms with E-state index in [1.807, 2.05) is 51.1 Å². The Kier molecular flexibility index (Phi) is 40.9. The fourth-order valence-electron chi connectivity index (χ4n) is 15.3. The molecule has 20 rings (SSSR count). The van der Waals surface area contributed by atoms with Gasteiger partial charge in [-0.25, -0.2) is 30.7 Å². The highest BCUT2D eigenvalue weighted by atomic mass is 35.5. The lowest BCUT2D eigenvalue weighted by Crippen LogP contribution is -2.26. The Labute approximate surface area is 903 Å². The highest BCUT2D eigenvalue weighted by molar-refractivity contribution is 7.10. The van der Waals surface area contributed by atoms with Gasteiger partial charge in [0.25, 0.3) is 41.4 Å². The van der Waals surface area contributed by atoms with Gasteiger partial charge in [0.1, 0.15) is 80.6 Å². The number of carbonyl (C=O) groups is 7. The van der Waals surface area contributed by atoms with Crippen molar-refractivity contribution in [3.8, 4) is 11.3 Å². The Hall–Kier alpha value is -11.8. The van der Waals surface area contributed by atoms with Crippen molar-refractivity contribution < 1.29 is 64.3 Å². The molecule has 48 heteroatoms. The summed E-state index contributed by atoms with van der Waals surface area (Å²) in [5, 5.41) is 49.4. The highest BCUT2D eigenvalue weighted by Crippen LogP contribution is 2.45. The van der Waals surface area contributed by atoms with Gasteiger partial charge in [0.05, 0.1) is 34.2 Å². The molecule has 0 radical (unpaired) electrons. The van der Waals surface area contributed by atoms with Crippen LogP contribution in [0.25, 0.3) is 11.3 Å². The van der Waals surface area contributed by atoms with Crippen molar-refractivity contribution in [2.24, 2.45) is 0 Å². The van der Waals surface area contributed by atoms with Crippen LogP contribution in [0.15, 0.2) is 164 Å². The second-order valence-corrected chi connectivity index (χ2v) is 42.9. The van der Waals surface area contributed by atoms with E-state index in [0.717, 1.165) is 217 Å². The largest absolute Gasteiger partial charge is 0.347 e. The minimum Gasteiger partial charge on any atom is -0.347 e. The van der Waals surface area contributed by atoms with Gasteiger partial charge in [-0.3, -0.25) is 33.6 Å². The van der Waals surface area contributed by atoms with E-state index in [9.17, 15) is 64.3 Å². The first-order valence-corrected chi connectivity index (χ1v) is 54.2. The molecular weight excluding hydrogens is 2180 g/mol. The summed E-state index contributed by atoms with van der Waals surface area (Å²) in [6.07, 6.45) is 16.4. The Bertz CT molecular complexity index is 6900. The van der Waals surface area contributed by atoms with E-state index < -0.39 is 34.9 Å². The molecule has 5 aliphatic carbocycles. The van der Waals surface area contributed by atoms with Crippen LogP contribution in [0.5, 0.6) is 0 Å². The third-order valence-corrected chi connectivity index (χ3v) is 31.0. The number of nitrogens with one attached hydrogen (secondary N) is 7. The summed E-state index contributed by atoms with van der Waals surface area (Å²) in [4.78, 5) is 89.0. The summed E-state index contributed by atoms with van der Waals surface area (Å²) < 4.78 is 122. The molecule has 28 nitrogen and oxygen atoms in total. The minimum absolute atomic E-state index is 0.00350. The van der Waals surface area contributed by atoms with Crippen molar-refractivity contribution in [2.45, 2.75) is 198 Å². The molecular formula is C100H92Cl6F7N21O7S7. The Balaban J connectivity index is 0.000000136. The van der Waals surface area contributed by atoms with Crippen molar-refractivity contribution >= 4 is 192 Å². The van der Waals surface area contributed by atoms with Crippen LogP contribution in [-0.2, 0) is 51.2 Å². The van der Waals surface area contributed by atoms with E-state index in [2.05, 4.69) is 104 Å². The molecule has 5 fully saturated rings. The van der Waals surface area contributed by atoms with Gasteiger partial charge >= 0.3 is 0 Å². The average molecular weight is 2270 g/mol. The maximum Gasteiger partial charge on any atom is 0.265 e. The van der Waals surface area contributed by atoms with E-state index >= 15 is 0 Å². The number of halogens is 13. The average Bonchev–Trinajstić information content (AvgIpc) is 1.67. The summed E-state index contributed by atoms with van der Waals surface area (Å²) in [6, 6.07) is 42.3. The molecule has 5 aliphatic rings. The number of nitrogens with zero attached hydrogens (tertiary/aromatic N) is 14. The lowest BCUT2D eigenvalue weighted by Gasteiger charge is -2.20. The summed E-state index contributed by atoms with van der Waals surface area (Å²) in [5.41, 5.74) is 7.66. The van der Waals surface area contributed by atoms with E-state index in [1.165, 1.54) is 67.1 Å². The van der Waals surface area contributed by atoms with Crippen LogP contribution in [0.3, 0.4) is 0 Å². The van der Waals surface area contributed by atoms with Gasteiger partial charge in [-0.15, -0.1) is 35.7 Å². The summed E-state index contributed by atoms with van der Waals surface area (Å²) in [5.74, 6) is -3.68. The highest BCUT2D eigenvalue weighted by Gasteiger charge is 2.37. The van der Waals surface area contributed by atoms with Crippen molar-refractivity contribution in [3.05, 3.63) is 342 Å². The number of aromatic nitrogens is 14. The normalized spacial score (nSPS) is 13.6. The zero-order valence-electron chi connectivity index (χ0n) is 78.9. The number of benzene rings is 8. The van der Waals surface area contributed by atoms with Gasteiger partial charge in [0.15, 0.2) is 0 Å². The quantitative estimate of drug-likeness (QED) is 0.0235. The number of amides is 7. The van der Waals surface area contributed by atoms with Crippen LogP contribution >= 0.6 is 150 Å². The van der Waals surface area contributed by atoms with Crippen molar-refractivity contribution in [1.82, 2.24) is 104 Å². The van der Waals surface area contributed by atoms with E-state index in [1.54, 1.807) is 60.7 Å². The standard InChI is InChI=1S/C16H17ClFN3OS.C16H11ClFN3OS.C15H15ClFN3OS.C14H15ClFN3OS.C13H11Cl2N3OS.C13H11F2N3OS.C13H12FN3OS/c2*17-12-7-4-8-13(18)11(12)9-19-16(22)15-14(20-21-23-15)10-5-2-1-3-6-10;16-11-6-3-7-12(17)10(11)8-18-15(21)14-13(19-20-22-14)9-4-1-2-5-9;1-14(2,3)12-11(21-19-18-12)13(20)17-7-8-9(15)5-4-6-10(8)16;2*14-9-2-1-3-10(15)8(9)6-16-13(19)12-11(7-4-5-7)17-18-20-12;14-10-4-2-1-3-9(10)7-15-13(18)12-11(8-5-6-8)16-17-19-12/h4,7-8,10H,1-3,5-6,9H2,(H,19,22);1-8H,9H2,(H,19,22);3,6-7,9H,1-2,4-5,8H2,(H,18,21);4-6H,7H2,1-3H3,(H,17,20);2*1-3,7H,4-6H2,(H,16,19);1-4,8H,5-7H2,(H,15,18). The second kappa shape index (κ2) is 54.1. The van der Waals surface area contributed by atoms with Crippen LogP contribution in [0.4, 0.5) is 30.7 Å². The zero-order chi connectivity index (χ0) is 105. The molecule has 0 atom stereocenters. The molecule has 7 N–H and O–H groups in total. The molecule has 5 saturated carbocycles. The first-order valence-electron chi connectivity index (χ1n) is 46.5. The second-order valence-electron chi connectivity index (χ2n) is 35.2. The molecule has 0 unspecified atom stereocenters. The minimum atomic E-state index is -0.671. The number of hydrogen-bond donors (Lipinski definition) is 7. The number of carbonyl (C=O) groups excluding carboxylic acids is 7. The number of rotatable bonds is 27. The SMILES string of the molecule is CC(C)(C)c1nnsc1C(=O)NCc1c(F)cccc1Cl.O=C(NCc1c(Cl)cccc1Cl)c1snnc1C1CC1.O=C(NCc1c(F)cccc1Cl)c1snnc1-c1ccccc1.O=C(NCc1c(F)cccc1Cl)c1snnc1C1CCCC1.O=C(NCc1c(F)cccc1Cl)c1snnc1C1CCCCC1.O=C(NCc1c(F)cccc1F)c1snnc1C1CC1.O=C(NCc1ccccc1F)c1snnc1C1CC1. The summed E-state index contributed by atoms with van der Waals surface area (Å²) >= 11 is 43.4. The van der Waals surface area contributed by atoms with Gasteiger partial charge in [-0.2, -0.15) is 0 Å². The Morgan fingerprint density at radius 1 is 0.264 bits per heavy atom. The first-order chi connectivity index (χ1) is 71.4. The third-order valence-electron chi connectivity index (χ3n) is 23.7. The molecule has 8 aromatic carbocycles. The lowest BCUT2D eigenvalue weighted by molar-refractivity contribution is 0.0944. The zero-order valence-corrected chi connectivity index (χ0v) is 89.2. The molecule has 0 saturated heterocycles. The smallest absolute Gasteiger partial charge is 0.265 e. The maximum atomic E-state index is 13.8. The van der Waals surface area contributed by atoms with Crippen molar-refractivity contribution in [3.63, 3.8) is 0 Å². The van der Waals surface area contributed by atoms with Gasteiger partial charge in [0.2, 0.25) is 0 Å². The van der Waals surface area contributed by atoms with Crippen LogP contribution in [0.2, 0.25) is 30.1 Å². The topological polar surface area (TPSA) is 384 Å². The van der Waals surface area contributed by atoms with Crippen LogP contribution in [0, 0.1) is 40.7 Å². The molecule has 0 bridgehead atoms. The molecule has 0 aliphatic heterocycles. The summed E-state index contributed by atoms with van der Waals surface area (Å²) in [7, 11) is 0. The van der Waals surface area contributed by atoms with Gasteiger partial charge in [-0.05, 0) is 224 Å².